The Morgan fingerprint density at radius 2 is 1.72 bits per heavy atom. The van der Waals surface area contributed by atoms with Crippen LogP contribution in [0.1, 0.15) is 27.7 Å². The van der Waals surface area contributed by atoms with Crippen LogP contribution in [-0.2, 0) is 0 Å². The van der Waals surface area contributed by atoms with Crippen LogP contribution >= 0.6 is 11.3 Å². The molecule has 0 aliphatic rings. The second kappa shape index (κ2) is 8.24. The van der Waals surface area contributed by atoms with Crippen LogP contribution in [0, 0.1) is 0 Å². The first-order valence-electron chi connectivity index (χ1n) is 8.22. The maximum atomic E-state index is 5.41. The standard InChI is InChI=1S/C17H26N6OS/c1-11(2)23(12(3)4)17-21-20-16(25-17)19-18-13-8-9-14(22(5)6)15(10-13)24-7/h8-12H,1-7H3/b19-18+. The van der Waals surface area contributed by atoms with Crippen molar-refractivity contribution in [3.8, 4) is 5.75 Å². The zero-order valence-corrected chi connectivity index (χ0v) is 16.7. The van der Waals surface area contributed by atoms with E-state index in [1.54, 1.807) is 7.11 Å². The van der Waals surface area contributed by atoms with E-state index in [4.69, 9.17) is 4.74 Å². The second-order valence-electron chi connectivity index (χ2n) is 6.41. The van der Waals surface area contributed by atoms with Crippen molar-refractivity contribution < 1.29 is 4.74 Å². The number of ether oxygens (including phenoxy) is 1. The molecule has 0 spiro atoms. The van der Waals surface area contributed by atoms with E-state index < -0.39 is 0 Å². The first kappa shape index (κ1) is 19.1. The predicted molar refractivity (Wildman–Crippen MR) is 104 cm³/mol. The molecule has 0 saturated carbocycles. The van der Waals surface area contributed by atoms with E-state index in [9.17, 15) is 0 Å². The van der Waals surface area contributed by atoms with Crippen molar-refractivity contribution in [2.45, 2.75) is 39.8 Å². The predicted octanol–water partition coefficient (Wildman–Crippen LogP) is 4.65. The molecule has 1 heterocycles. The summed E-state index contributed by atoms with van der Waals surface area (Å²) in [5, 5.41) is 18.3. The second-order valence-corrected chi connectivity index (χ2v) is 7.35. The number of hydrogen-bond acceptors (Lipinski definition) is 8. The van der Waals surface area contributed by atoms with E-state index in [0.29, 0.717) is 22.9 Å². The molecule has 0 N–H and O–H groups in total. The molecule has 25 heavy (non-hydrogen) atoms. The van der Waals surface area contributed by atoms with Gasteiger partial charge in [0.05, 0.1) is 18.5 Å². The molecule has 136 valence electrons. The van der Waals surface area contributed by atoms with Crippen LogP contribution in [0.4, 0.5) is 21.6 Å². The largest absolute Gasteiger partial charge is 0.495 e. The number of methoxy groups -OCH3 is 1. The van der Waals surface area contributed by atoms with Crippen molar-refractivity contribution in [1.29, 1.82) is 0 Å². The highest BCUT2D eigenvalue weighted by molar-refractivity contribution is 7.18. The fourth-order valence-electron chi connectivity index (χ4n) is 2.59. The molecule has 0 unspecified atom stereocenters. The molecular weight excluding hydrogens is 336 g/mol. The zero-order chi connectivity index (χ0) is 18.6. The van der Waals surface area contributed by atoms with Gasteiger partial charge < -0.3 is 14.5 Å². The first-order valence-corrected chi connectivity index (χ1v) is 9.04. The lowest BCUT2D eigenvalue weighted by molar-refractivity contribution is 0.415. The summed E-state index contributed by atoms with van der Waals surface area (Å²) in [5.41, 5.74) is 1.70. The summed E-state index contributed by atoms with van der Waals surface area (Å²) in [6.45, 7) is 8.56. The monoisotopic (exact) mass is 362 g/mol. The quantitative estimate of drug-likeness (QED) is 0.671. The SMILES string of the molecule is COc1cc(/N=N/c2nnc(N(C(C)C)C(C)C)s2)ccc1N(C)C. The summed E-state index contributed by atoms with van der Waals surface area (Å²) in [7, 11) is 5.58. The minimum Gasteiger partial charge on any atom is -0.495 e. The van der Waals surface area contributed by atoms with Crippen LogP contribution in [0.15, 0.2) is 28.4 Å². The number of anilines is 2. The van der Waals surface area contributed by atoms with E-state index in [0.717, 1.165) is 16.6 Å². The third-order valence-electron chi connectivity index (χ3n) is 3.63. The Bertz CT molecular complexity index is 718. The Kier molecular flexibility index (Phi) is 6.30. The molecule has 0 aliphatic heterocycles. The van der Waals surface area contributed by atoms with Crippen molar-refractivity contribution in [2.75, 3.05) is 31.0 Å². The molecule has 0 atom stereocenters. The Balaban J connectivity index is 2.20. The van der Waals surface area contributed by atoms with Crippen molar-refractivity contribution >= 4 is 33.0 Å². The van der Waals surface area contributed by atoms with Gasteiger partial charge in [0.25, 0.3) is 5.13 Å². The molecule has 0 saturated heterocycles. The minimum atomic E-state index is 0.348. The van der Waals surface area contributed by atoms with Crippen LogP contribution in [0.3, 0.4) is 0 Å². The Labute approximate surface area is 153 Å². The van der Waals surface area contributed by atoms with Crippen LogP contribution < -0.4 is 14.5 Å². The fourth-order valence-corrected chi connectivity index (χ4v) is 3.52. The molecule has 1 aromatic heterocycles. The highest BCUT2D eigenvalue weighted by atomic mass is 32.1. The van der Waals surface area contributed by atoms with Crippen LogP contribution in [-0.4, -0.2) is 43.5 Å². The highest BCUT2D eigenvalue weighted by Crippen LogP contribution is 2.33. The summed E-state index contributed by atoms with van der Waals surface area (Å²) >= 11 is 1.44. The normalized spacial score (nSPS) is 11.6. The number of rotatable bonds is 7. The molecule has 1 aromatic carbocycles. The summed E-state index contributed by atoms with van der Waals surface area (Å²) in [6.07, 6.45) is 0. The fraction of sp³-hybridized carbons (Fsp3) is 0.529. The van der Waals surface area contributed by atoms with Gasteiger partial charge in [-0.05, 0) is 39.8 Å². The number of benzene rings is 1. The average Bonchev–Trinajstić information content (AvgIpc) is 3.00. The number of nitrogens with zero attached hydrogens (tertiary/aromatic N) is 6. The number of aromatic nitrogens is 2. The zero-order valence-electron chi connectivity index (χ0n) is 15.9. The average molecular weight is 363 g/mol. The topological polar surface area (TPSA) is 66.2 Å². The summed E-state index contributed by atoms with van der Waals surface area (Å²) in [4.78, 5) is 4.20. The molecule has 0 radical (unpaired) electrons. The van der Waals surface area contributed by atoms with Crippen LogP contribution in [0.5, 0.6) is 5.75 Å². The van der Waals surface area contributed by atoms with Gasteiger partial charge in [-0.25, -0.2) is 0 Å². The number of hydrogen-bond donors (Lipinski definition) is 0. The highest BCUT2D eigenvalue weighted by Gasteiger charge is 2.18. The molecule has 0 fully saturated rings. The molecule has 0 aliphatic carbocycles. The van der Waals surface area contributed by atoms with Crippen molar-refractivity contribution in [3.05, 3.63) is 18.2 Å². The van der Waals surface area contributed by atoms with E-state index in [2.05, 4.69) is 53.0 Å². The maximum Gasteiger partial charge on any atom is 0.253 e. The van der Waals surface area contributed by atoms with Crippen molar-refractivity contribution in [3.63, 3.8) is 0 Å². The summed E-state index contributed by atoms with van der Waals surface area (Å²) in [6, 6.07) is 6.41. The lowest BCUT2D eigenvalue weighted by atomic mass is 10.2. The third kappa shape index (κ3) is 4.66. The molecule has 2 rings (SSSR count). The Hall–Kier alpha value is -2.22. The van der Waals surface area contributed by atoms with Gasteiger partial charge in [-0.1, -0.05) is 11.3 Å². The lowest BCUT2D eigenvalue weighted by Gasteiger charge is -2.29. The molecule has 8 heteroatoms. The lowest BCUT2D eigenvalue weighted by Crippen LogP contribution is -2.36. The molecule has 7 nitrogen and oxygen atoms in total. The minimum absolute atomic E-state index is 0.348. The van der Waals surface area contributed by atoms with Crippen LogP contribution in [0.2, 0.25) is 0 Å². The van der Waals surface area contributed by atoms with E-state index in [-0.39, 0.29) is 0 Å². The van der Waals surface area contributed by atoms with Gasteiger partial charge in [-0.15, -0.1) is 20.4 Å². The van der Waals surface area contributed by atoms with Crippen molar-refractivity contribution in [2.24, 2.45) is 10.2 Å². The Morgan fingerprint density at radius 1 is 1.04 bits per heavy atom. The molecule has 0 amide bonds. The first-order chi connectivity index (χ1) is 11.8. The summed E-state index contributed by atoms with van der Waals surface area (Å²) < 4.78 is 5.41. The molecular formula is C17H26N6OS. The Morgan fingerprint density at radius 3 is 2.28 bits per heavy atom. The van der Waals surface area contributed by atoms with Gasteiger partial charge in [-0.2, -0.15) is 0 Å². The molecule has 0 bridgehead atoms. The third-order valence-corrected chi connectivity index (χ3v) is 4.45. The maximum absolute atomic E-state index is 5.41. The van der Waals surface area contributed by atoms with Gasteiger partial charge in [0, 0.05) is 32.2 Å². The van der Waals surface area contributed by atoms with Gasteiger partial charge in [-0.3, -0.25) is 0 Å². The van der Waals surface area contributed by atoms with E-state index in [1.165, 1.54) is 11.3 Å². The van der Waals surface area contributed by atoms with Gasteiger partial charge >= 0.3 is 0 Å². The van der Waals surface area contributed by atoms with E-state index >= 15 is 0 Å². The number of azo groups is 1. The summed E-state index contributed by atoms with van der Waals surface area (Å²) in [5.74, 6) is 0.755. The smallest absolute Gasteiger partial charge is 0.253 e. The van der Waals surface area contributed by atoms with Gasteiger partial charge in [0.1, 0.15) is 5.75 Å². The van der Waals surface area contributed by atoms with Crippen molar-refractivity contribution in [1.82, 2.24) is 10.2 Å². The van der Waals surface area contributed by atoms with Gasteiger partial charge in [0.2, 0.25) is 5.13 Å². The van der Waals surface area contributed by atoms with Gasteiger partial charge in [0.15, 0.2) is 0 Å². The van der Waals surface area contributed by atoms with Crippen LogP contribution in [0.25, 0.3) is 0 Å². The molecule has 2 aromatic rings. The van der Waals surface area contributed by atoms with E-state index in [1.807, 2.05) is 37.2 Å².